The summed E-state index contributed by atoms with van der Waals surface area (Å²) in [4.78, 5) is 11.5. The fraction of sp³-hybridized carbons (Fsp3) is 0.417. The van der Waals surface area contributed by atoms with Crippen molar-refractivity contribution in [2.45, 2.75) is 19.8 Å². The predicted octanol–water partition coefficient (Wildman–Crippen LogP) is 3.02. The minimum Gasteiger partial charge on any atom is -0.381 e. The summed E-state index contributed by atoms with van der Waals surface area (Å²) in [6, 6.07) is 4.40. The molecule has 16 heavy (non-hydrogen) atoms. The molecule has 0 aliphatic carbocycles. The van der Waals surface area contributed by atoms with Crippen molar-refractivity contribution in [2.24, 2.45) is 0 Å². The van der Waals surface area contributed by atoms with Gasteiger partial charge in [-0.15, -0.1) is 0 Å². The number of carbonyl (C=O) groups is 1. The zero-order valence-electron chi connectivity index (χ0n) is 9.13. The van der Waals surface area contributed by atoms with E-state index in [1.54, 1.807) is 6.07 Å². The van der Waals surface area contributed by atoms with Crippen LogP contribution in [0, 0.1) is 5.82 Å². The van der Waals surface area contributed by atoms with E-state index in [0.717, 1.165) is 0 Å². The summed E-state index contributed by atoms with van der Waals surface area (Å²) in [7, 11) is 0. The quantitative estimate of drug-likeness (QED) is 0.719. The lowest BCUT2D eigenvalue weighted by atomic mass is 10.1. The second kappa shape index (κ2) is 6.61. The first-order valence-electron chi connectivity index (χ1n) is 5.17. The molecule has 0 bridgehead atoms. The van der Waals surface area contributed by atoms with Gasteiger partial charge in [-0.3, -0.25) is 4.79 Å². The topological polar surface area (TPSA) is 26.3 Å². The van der Waals surface area contributed by atoms with Gasteiger partial charge in [0.1, 0.15) is 11.6 Å². The first-order valence-corrected chi connectivity index (χ1v) is 5.55. The van der Waals surface area contributed by atoms with Gasteiger partial charge >= 0.3 is 0 Å². The molecule has 0 saturated carbocycles. The van der Waals surface area contributed by atoms with E-state index in [0.29, 0.717) is 24.7 Å². The number of ether oxygens (including phenoxy) is 1. The van der Waals surface area contributed by atoms with Crippen LogP contribution in [0.1, 0.15) is 18.9 Å². The Kier molecular flexibility index (Phi) is 5.43. The van der Waals surface area contributed by atoms with E-state index < -0.39 is 5.82 Å². The summed E-state index contributed by atoms with van der Waals surface area (Å²) < 4.78 is 18.4. The van der Waals surface area contributed by atoms with E-state index in [2.05, 4.69) is 0 Å². The predicted molar refractivity (Wildman–Crippen MR) is 61.2 cm³/mol. The zero-order valence-corrected chi connectivity index (χ0v) is 9.89. The summed E-state index contributed by atoms with van der Waals surface area (Å²) >= 11 is 5.81. The molecule has 0 unspecified atom stereocenters. The average molecular weight is 245 g/mol. The second-order valence-electron chi connectivity index (χ2n) is 3.36. The lowest BCUT2D eigenvalue weighted by Crippen LogP contribution is -2.08. The Morgan fingerprint density at radius 1 is 1.50 bits per heavy atom. The first kappa shape index (κ1) is 13.1. The Labute approximate surface area is 99.4 Å². The highest BCUT2D eigenvalue weighted by Crippen LogP contribution is 2.19. The van der Waals surface area contributed by atoms with Crippen LogP contribution in [0.4, 0.5) is 4.39 Å². The fourth-order valence-electron chi connectivity index (χ4n) is 1.32. The Bertz CT molecular complexity index is 346. The van der Waals surface area contributed by atoms with Crippen molar-refractivity contribution < 1.29 is 13.9 Å². The van der Waals surface area contributed by atoms with Crippen molar-refractivity contribution in [1.29, 1.82) is 0 Å². The zero-order chi connectivity index (χ0) is 12.0. The molecule has 1 aromatic carbocycles. The van der Waals surface area contributed by atoms with Crippen LogP contribution in [0.15, 0.2) is 18.2 Å². The van der Waals surface area contributed by atoms with Crippen LogP contribution in [0.3, 0.4) is 0 Å². The fourth-order valence-corrected chi connectivity index (χ4v) is 1.55. The van der Waals surface area contributed by atoms with Crippen molar-refractivity contribution in [3.63, 3.8) is 0 Å². The molecule has 0 atom stereocenters. The molecule has 0 heterocycles. The molecular weight excluding hydrogens is 231 g/mol. The molecule has 1 rings (SSSR count). The first-order chi connectivity index (χ1) is 7.65. The van der Waals surface area contributed by atoms with E-state index >= 15 is 0 Å². The van der Waals surface area contributed by atoms with Crippen molar-refractivity contribution in [3.8, 4) is 0 Å². The Hall–Kier alpha value is -0.930. The van der Waals surface area contributed by atoms with E-state index in [4.69, 9.17) is 16.3 Å². The number of carbonyl (C=O) groups excluding carboxylic acids is 1. The maximum absolute atomic E-state index is 13.3. The van der Waals surface area contributed by atoms with Crippen LogP contribution in [0.2, 0.25) is 5.02 Å². The molecule has 0 aromatic heterocycles. The van der Waals surface area contributed by atoms with Crippen LogP contribution >= 0.6 is 11.6 Å². The van der Waals surface area contributed by atoms with Gasteiger partial charge in [-0.25, -0.2) is 4.39 Å². The molecule has 0 aliphatic heterocycles. The summed E-state index contributed by atoms with van der Waals surface area (Å²) in [6.07, 6.45) is 0.317. The molecule has 4 heteroatoms. The van der Waals surface area contributed by atoms with Crippen molar-refractivity contribution in [2.75, 3.05) is 13.2 Å². The second-order valence-corrected chi connectivity index (χ2v) is 3.77. The molecule has 0 fully saturated rings. The Morgan fingerprint density at radius 3 is 2.88 bits per heavy atom. The number of hydrogen-bond acceptors (Lipinski definition) is 2. The van der Waals surface area contributed by atoms with Gasteiger partial charge in [-0.05, 0) is 19.1 Å². The maximum Gasteiger partial charge on any atom is 0.139 e. The number of ketones is 1. The summed E-state index contributed by atoms with van der Waals surface area (Å²) in [5.74, 6) is -0.502. The van der Waals surface area contributed by atoms with E-state index in [-0.39, 0.29) is 17.8 Å². The molecule has 0 saturated heterocycles. The number of halogens is 2. The monoisotopic (exact) mass is 244 g/mol. The molecule has 0 aliphatic rings. The average Bonchev–Trinajstić information content (AvgIpc) is 2.24. The van der Waals surface area contributed by atoms with Crippen molar-refractivity contribution >= 4 is 17.4 Å². The lowest BCUT2D eigenvalue weighted by molar-refractivity contribution is -0.119. The Morgan fingerprint density at radius 2 is 2.25 bits per heavy atom. The van der Waals surface area contributed by atoms with Crippen LogP contribution in [-0.2, 0) is 16.0 Å². The SMILES string of the molecule is CCOCCC(=O)Cc1c(F)cccc1Cl. The van der Waals surface area contributed by atoms with Crippen LogP contribution in [0.5, 0.6) is 0 Å². The van der Waals surface area contributed by atoms with Crippen molar-refractivity contribution in [1.82, 2.24) is 0 Å². The lowest BCUT2D eigenvalue weighted by Gasteiger charge is -2.05. The van der Waals surface area contributed by atoms with Gasteiger partial charge in [0.15, 0.2) is 0 Å². The molecule has 1 aromatic rings. The smallest absolute Gasteiger partial charge is 0.139 e. The molecular formula is C12H14ClFO2. The van der Waals surface area contributed by atoms with Gasteiger partial charge < -0.3 is 4.74 Å². The highest BCUT2D eigenvalue weighted by molar-refractivity contribution is 6.31. The van der Waals surface area contributed by atoms with Gasteiger partial charge in [0.05, 0.1) is 6.61 Å². The molecule has 0 radical (unpaired) electrons. The third-order valence-corrected chi connectivity index (χ3v) is 2.52. The van der Waals surface area contributed by atoms with Gasteiger partial charge in [-0.2, -0.15) is 0 Å². The number of benzene rings is 1. The highest BCUT2D eigenvalue weighted by Gasteiger charge is 2.11. The third-order valence-electron chi connectivity index (χ3n) is 2.16. The van der Waals surface area contributed by atoms with Gasteiger partial charge in [0.2, 0.25) is 0 Å². The van der Waals surface area contributed by atoms with Gasteiger partial charge in [0, 0.05) is 30.0 Å². The molecule has 0 amide bonds. The normalized spacial score (nSPS) is 10.4. The third kappa shape index (κ3) is 3.91. The summed E-state index contributed by atoms with van der Waals surface area (Å²) in [5, 5.41) is 0.296. The maximum atomic E-state index is 13.3. The highest BCUT2D eigenvalue weighted by atomic mass is 35.5. The van der Waals surface area contributed by atoms with Gasteiger partial charge in [-0.1, -0.05) is 17.7 Å². The minimum atomic E-state index is -0.433. The molecule has 2 nitrogen and oxygen atoms in total. The number of Topliss-reactive ketones (excluding diaryl/α,β-unsaturated/α-hetero) is 1. The van der Waals surface area contributed by atoms with E-state index in [1.807, 2.05) is 6.92 Å². The van der Waals surface area contributed by atoms with Crippen LogP contribution < -0.4 is 0 Å². The molecule has 88 valence electrons. The summed E-state index contributed by atoms with van der Waals surface area (Å²) in [6.45, 7) is 2.81. The summed E-state index contributed by atoms with van der Waals surface area (Å²) in [5.41, 5.74) is 0.269. The standard InChI is InChI=1S/C12H14ClFO2/c1-2-16-7-6-9(15)8-10-11(13)4-3-5-12(10)14/h3-5H,2,6-8H2,1H3. The van der Waals surface area contributed by atoms with Crippen LogP contribution in [-0.4, -0.2) is 19.0 Å². The van der Waals surface area contributed by atoms with Crippen molar-refractivity contribution in [3.05, 3.63) is 34.6 Å². The Balaban J connectivity index is 2.56. The largest absolute Gasteiger partial charge is 0.381 e. The minimum absolute atomic E-state index is 0.0264. The molecule has 0 spiro atoms. The molecule has 0 N–H and O–H groups in total. The number of hydrogen-bond donors (Lipinski definition) is 0. The number of rotatable bonds is 6. The van der Waals surface area contributed by atoms with E-state index in [1.165, 1.54) is 12.1 Å². The van der Waals surface area contributed by atoms with E-state index in [9.17, 15) is 9.18 Å². The van der Waals surface area contributed by atoms with Gasteiger partial charge in [0.25, 0.3) is 0 Å². The van der Waals surface area contributed by atoms with Crippen LogP contribution in [0.25, 0.3) is 0 Å².